The Labute approximate surface area is 118 Å². The molecule has 108 valence electrons. The Balaban J connectivity index is 2.43. The van der Waals surface area contributed by atoms with Crippen LogP contribution in [0.2, 0.25) is 0 Å². The Morgan fingerprint density at radius 1 is 1.05 bits per heavy atom. The van der Waals surface area contributed by atoms with E-state index in [4.69, 9.17) is 4.74 Å². The first kappa shape index (κ1) is 16.2. The maximum atomic E-state index is 5.06. The molecule has 1 aromatic rings. The molecule has 0 heterocycles. The molecule has 0 aliphatic carbocycles. The Kier molecular flexibility index (Phi) is 7.11. The molecule has 1 N–H and O–H groups in total. The van der Waals surface area contributed by atoms with Crippen molar-refractivity contribution in [2.24, 2.45) is 0 Å². The number of unbranched alkanes of at least 4 members (excludes halogenated alkanes) is 2. The molecule has 0 bridgehead atoms. The summed E-state index contributed by atoms with van der Waals surface area (Å²) < 4.78 is 5.06. The minimum atomic E-state index is 0.433. The second kappa shape index (κ2) is 8.34. The predicted octanol–water partition coefficient (Wildman–Crippen LogP) is 4.08. The molecule has 1 atom stereocenters. The van der Waals surface area contributed by atoms with Crippen LogP contribution in [0.4, 0.5) is 0 Å². The van der Waals surface area contributed by atoms with E-state index in [0.29, 0.717) is 6.04 Å². The summed E-state index contributed by atoms with van der Waals surface area (Å²) in [5.41, 5.74) is 5.61. The summed E-state index contributed by atoms with van der Waals surface area (Å²) >= 11 is 0. The molecule has 0 aliphatic rings. The highest BCUT2D eigenvalue weighted by Crippen LogP contribution is 2.23. The number of rotatable bonds is 8. The molecule has 2 heteroatoms. The van der Waals surface area contributed by atoms with Crippen LogP contribution in [0.25, 0.3) is 0 Å². The summed E-state index contributed by atoms with van der Waals surface area (Å²) in [4.78, 5) is 0. The molecule has 0 spiro atoms. The van der Waals surface area contributed by atoms with Gasteiger partial charge in [0.05, 0.1) is 0 Å². The van der Waals surface area contributed by atoms with Crippen LogP contribution in [0.15, 0.2) is 12.1 Å². The lowest BCUT2D eigenvalue weighted by atomic mass is 9.95. The van der Waals surface area contributed by atoms with Crippen LogP contribution < -0.4 is 5.32 Å². The van der Waals surface area contributed by atoms with Gasteiger partial charge in [0.2, 0.25) is 0 Å². The second-order valence-corrected chi connectivity index (χ2v) is 5.54. The van der Waals surface area contributed by atoms with Crippen LogP contribution in [0.5, 0.6) is 0 Å². The first-order valence-electron chi connectivity index (χ1n) is 7.36. The van der Waals surface area contributed by atoms with Gasteiger partial charge in [0.15, 0.2) is 0 Å². The molecule has 0 saturated carbocycles. The van der Waals surface area contributed by atoms with E-state index in [1.54, 1.807) is 7.11 Å². The normalized spacial score (nSPS) is 12.7. The van der Waals surface area contributed by atoms with Gasteiger partial charge in [-0.05, 0) is 70.2 Å². The van der Waals surface area contributed by atoms with Gasteiger partial charge >= 0.3 is 0 Å². The van der Waals surface area contributed by atoms with E-state index in [-0.39, 0.29) is 0 Å². The standard InChI is InChI=1S/C17H29NO/c1-13-11-14(2)17(15(3)12-13)16(4)18-9-7-6-8-10-19-5/h11-12,16,18H,6-10H2,1-5H3. The number of benzene rings is 1. The van der Waals surface area contributed by atoms with Gasteiger partial charge in [-0.15, -0.1) is 0 Å². The van der Waals surface area contributed by atoms with Gasteiger partial charge in [-0.1, -0.05) is 17.7 Å². The SMILES string of the molecule is COCCCCCNC(C)c1c(C)cc(C)cc1C. The second-order valence-electron chi connectivity index (χ2n) is 5.54. The summed E-state index contributed by atoms with van der Waals surface area (Å²) in [6, 6.07) is 4.99. The predicted molar refractivity (Wildman–Crippen MR) is 82.8 cm³/mol. The number of hydrogen-bond donors (Lipinski definition) is 1. The third kappa shape index (κ3) is 5.33. The zero-order valence-corrected chi connectivity index (χ0v) is 13.2. The molecule has 1 rings (SSSR count). The van der Waals surface area contributed by atoms with Crippen molar-refractivity contribution in [3.05, 3.63) is 34.4 Å². The molecule has 0 amide bonds. The van der Waals surface area contributed by atoms with Gasteiger partial charge in [-0.2, -0.15) is 0 Å². The van der Waals surface area contributed by atoms with Crippen LogP contribution in [-0.2, 0) is 4.74 Å². The summed E-state index contributed by atoms with van der Waals surface area (Å²) in [5.74, 6) is 0. The van der Waals surface area contributed by atoms with Crippen molar-refractivity contribution >= 4 is 0 Å². The number of nitrogens with one attached hydrogen (secondary N) is 1. The Morgan fingerprint density at radius 2 is 1.68 bits per heavy atom. The maximum absolute atomic E-state index is 5.06. The average molecular weight is 263 g/mol. The molecule has 0 fully saturated rings. The largest absolute Gasteiger partial charge is 0.385 e. The van der Waals surface area contributed by atoms with Crippen LogP contribution in [0, 0.1) is 20.8 Å². The monoisotopic (exact) mass is 263 g/mol. The first-order valence-corrected chi connectivity index (χ1v) is 7.36. The number of aryl methyl sites for hydroxylation is 3. The van der Waals surface area contributed by atoms with Crippen LogP contribution in [-0.4, -0.2) is 20.3 Å². The van der Waals surface area contributed by atoms with E-state index >= 15 is 0 Å². The summed E-state index contributed by atoms with van der Waals surface area (Å²) in [7, 11) is 1.77. The van der Waals surface area contributed by atoms with Crippen LogP contribution in [0.3, 0.4) is 0 Å². The van der Waals surface area contributed by atoms with E-state index in [0.717, 1.165) is 19.6 Å². The van der Waals surface area contributed by atoms with Gasteiger partial charge in [0, 0.05) is 19.8 Å². The van der Waals surface area contributed by atoms with E-state index in [9.17, 15) is 0 Å². The molecule has 1 unspecified atom stereocenters. The number of ether oxygens (including phenoxy) is 1. The zero-order valence-electron chi connectivity index (χ0n) is 13.2. The minimum absolute atomic E-state index is 0.433. The van der Waals surface area contributed by atoms with Crippen molar-refractivity contribution in [1.82, 2.24) is 5.32 Å². The van der Waals surface area contributed by atoms with E-state index in [1.165, 1.54) is 35.1 Å². The number of hydrogen-bond acceptors (Lipinski definition) is 2. The Bertz CT molecular complexity index is 364. The third-order valence-corrected chi connectivity index (χ3v) is 3.65. The third-order valence-electron chi connectivity index (χ3n) is 3.65. The quantitative estimate of drug-likeness (QED) is 0.714. The lowest BCUT2D eigenvalue weighted by Crippen LogP contribution is -2.21. The van der Waals surface area contributed by atoms with Gasteiger partial charge in [0.1, 0.15) is 0 Å². The molecule has 1 aromatic carbocycles. The smallest absolute Gasteiger partial charge is 0.0462 e. The van der Waals surface area contributed by atoms with Gasteiger partial charge in [-0.3, -0.25) is 0 Å². The fourth-order valence-corrected chi connectivity index (χ4v) is 2.84. The van der Waals surface area contributed by atoms with Crippen molar-refractivity contribution in [1.29, 1.82) is 0 Å². The highest BCUT2D eigenvalue weighted by molar-refractivity contribution is 5.39. The first-order chi connectivity index (χ1) is 9.06. The summed E-state index contributed by atoms with van der Waals surface area (Å²) in [5, 5.41) is 3.64. The highest BCUT2D eigenvalue weighted by Gasteiger charge is 2.10. The minimum Gasteiger partial charge on any atom is -0.385 e. The summed E-state index contributed by atoms with van der Waals surface area (Å²) in [6.07, 6.45) is 3.62. The lowest BCUT2D eigenvalue weighted by Gasteiger charge is -2.20. The molecular weight excluding hydrogens is 234 g/mol. The lowest BCUT2D eigenvalue weighted by molar-refractivity contribution is 0.192. The molecular formula is C17H29NO. The zero-order chi connectivity index (χ0) is 14.3. The topological polar surface area (TPSA) is 21.3 Å². The fraction of sp³-hybridized carbons (Fsp3) is 0.647. The van der Waals surface area contributed by atoms with Crippen LogP contribution in [0.1, 0.15) is 54.5 Å². The molecule has 0 aromatic heterocycles. The Morgan fingerprint density at radius 3 is 2.26 bits per heavy atom. The molecule has 0 saturated heterocycles. The van der Waals surface area contributed by atoms with Gasteiger partial charge in [-0.25, -0.2) is 0 Å². The average Bonchev–Trinajstić information content (AvgIpc) is 2.32. The van der Waals surface area contributed by atoms with E-state index in [2.05, 4.69) is 45.1 Å². The molecule has 2 nitrogen and oxygen atoms in total. The van der Waals surface area contributed by atoms with Crippen molar-refractivity contribution in [3.8, 4) is 0 Å². The molecule has 0 radical (unpaired) electrons. The van der Waals surface area contributed by atoms with E-state index < -0.39 is 0 Å². The summed E-state index contributed by atoms with van der Waals surface area (Å²) in [6.45, 7) is 10.8. The van der Waals surface area contributed by atoms with Crippen molar-refractivity contribution in [3.63, 3.8) is 0 Å². The van der Waals surface area contributed by atoms with Crippen molar-refractivity contribution in [2.75, 3.05) is 20.3 Å². The number of methoxy groups -OCH3 is 1. The van der Waals surface area contributed by atoms with Gasteiger partial charge in [0.25, 0.3) is 0 Å². The van der Waals surface area contributed by atoms with Crippen molar-refractivity contribution in [2.45, 2.75) is 53.0 Å². The fourth-order valence-electron chi connectivity index (χ4n) is 2.84. The highest BCUT2D eigenvalue weighted by atomic mass is 16.5. The maximum Gasteiger partial charge on any atom is 0.0462 e. The molecule has 0 aliphatic heterocycles. The molecule has 19 heavy (non-hydrogen) atoms. The van der Waals surface area contributed by atoms with Crippen molar-refractivity contribution < 1.29 is 4.74 Å². The van der Waals surface area contributed by atoms with E-state index in [1.807, 2.05) is 0 Å². The van der Waals surface area contributed by atoms with Crippen LogP contribution >= 0.6 is 0 Å². The Hall–Kier alpha value is -0.860. The van der Waals surface area contributed by atoms with Gasteiger partial charge < -0.3 is 10.1 Å².